The van der Waals surface area contributed by atoms with Crippen molar-refractivity contribution in [1.82, 2.24) is 15.1 Å². The van der Waals surface area contributed by atoms with Crippen molar-refractivity contribution in [3.63, 3.8) is 0 Å². The van der Waals surface area contributed by atoms with Crippen molar-refractivity contribution in [3.05, 3.63) is 0 Å². The van der Waals surface area contributed by atoms with Gasteiger partial charge >= 0.3 is 6.09 Å². The number of amides is 3. The van der Waals surface area contributed by atoms with E-state index in [0.29, 0.717) is 39.2 Å². The molecule has 0 aliphatic carbocycles. The van der Waals surface area contributed by atoms with Gasteiger partial charge in [-0.15, -0.1) is 0 Å². The Morgan fingerprint density at radius 3 is 2.23 bits per heavy atom. The maximum absolute atomic E-state index is 12.3. The lowest BCUT2D eigenvalue weighted by Gasteiger charge is -2.35. The second-order valence-electron chi connectivity index (χ2n) is 5.40. The van der Waals surface area contributed by atoms with Gasteiger partial charge in [0.1, 0.15) is 6.04 Å². The summed E-state index contributed by atoms with van der Waals surface area (Å²) in [7, 11) is 0. The number of hydrogen-bond acceptors (Lipinski definition) is 4. The van der Waals surface area contributed by atoms with E-state index in [9.17, 15) is 14.4 Å². The van der Waals surface area contributed by atoms with E-state index in [1.807, 2.05) is 6.92 Å². The summed E-state index contributed by atoms with van der Waals surface area (Å²) >= 11 is 0. The Hall–Kier alpha value is -1.79. The first-order valence-corrected chi connectivity index (χ1v) is 7.99. The monoisotopic (exact) mass is 313 g/mol. The first-order valence-electron chi connectivity index (χ1n) is 7.99. The smallest absolute Gasteiger partial charge is 0.409 e. The Morgan fingerprint density at radius 1 is 1.09 bits per heavy atom. The van der Waals surface area contributed by atoms with Gasteiger partial charge in [-0.2, -0.15) is 0 Å². The number of nitrogens with zero attached hydrogens (tertiary/aromatic N) is 2. The van der Waals surface area contributed by atoms with Crippen molar-refractivity contribution < 1.29 is 19.1 Å². The van der Waals surface area contributed by atoms with Gasteiger partial charge in [-0.05, 0) is 20.3 Å². The largest absolute Gasteiger partial charge is 0.450 e. The number of ether oxygens (including phenoxy) is 1. The molecular formula is C15H27N3O4. The lowest BCUT2D eigenvalue weighted by Crippen LogP contribution is -2.55. The highest BCUT2D eigenvalue weighted by atomic mass is 16.6. The second-order valence-corrected chi connectivity index (χ2v) is 5.40. The second kappa shape index (κ2) is 9.27. The van der Waals surface area contributed by atoms with Gasteiger partial charge in [0, 0.05) is 32.6 Å². The van der Waals surface area contributed by atoms with Crippen molar-refractivity contribution in [2.75, 3.05) is 32.8 Å². The van der Waals surface area contributed by atoms with E-state index in [1.165, 1.54) is 0 Å². The van der Waals surface area contributed by atoms with Crippen molar-refractivity contribution in [1.29, 1.82) is 0 Å². The van der Waals surface area contributed by atoms with Gasteiger partial charge < -0.3 is 19.9 Å². The van der Waals surface area contributed by atoms with Crippen LogP contribution < -0.4 is 5.32 Å². The molecule has 1 N–H and O–H groups in total. The van der Waals surface area contributed by atoms with Gasteiger partial charge in [-0.1, -0.05) is 13.3 Å². The summed E-state index contributed by atoms with van der Waals surface area (Å²) in [5, 5.41) is 2.73. The quantitative estimate of drug-likeness (QED) is 0.793. The zero-order valence-electron chi connectivity index (χ0n) is 13.8. The summed E-state index contributed by atoms with van der Waals surface area (Å²) in [5.74, 6) is -0.193. The van der Waals surface area contributed by atoms with E-state index in [2.05, 4.69) is 5.32 Å². The molecule has 7 nitrogen and oxygen atoms in total. The summed E-state index contributed by atoms with van der Waals surface area (Å²) < 4.78 is 4.94. The van der Waals surface area contributed by atoms with Crippen LogP contribution >= 0.6 is 0 Å². The Kier molecular flexibility index (Phi) is 7.70. The van der Waals surface area contributed by atoms with Gasteiger partial charge in [0.2, 0.25) is 11.8 Å². The highest BCUT2D eigenvalue weighted by Crippen LogP contribution is 2.06. The van der Waals surface area contributed by atoms with Crippen LogP contribution in [0.4, 0.5) is 4.79 Å². The summed E-state index contributed by atoms with van der Waals surface area (Å²) in [4.78, 5) is 38.8. The van der Waals surface area contributed by atoms with Crippen molar-refractivity contribution in [2.24, 2.45) is 0 Å². The van der Waals surface area contributed by atoms with E-state index >= 15 is 0 Å². The highest BCUT2D eigenvalue weighted by Gasteiger charge is 2.27. The molecule has 0 unspecified atom stereocenters. The normalized spacial score (nSPS) is 16.1. The number of piperazine rings is 1. The SMILES string of the molecule is CCCCC(=O)N[C@H](C)C(=O)N1CCN(C(=O)OCC)CC1. The fraction of sp³-hybridized carbons (Fsp3) is 0.800. The zero-order chi connectivity index (χ0) is 16.5. The fourth-order valence-corrected chi connectivity index (χ4v) is 2.31. The zero-order valence-corrected chi connectivity index (χ0v) is 13.8. The van der Waals surface area contributed by atoms with Gasteiger partial charge in [-0.25, -0.2) is 4.79 Å². The highest BCUT2D eigenvalue weighted by molar-refractivity contribution is 5.87. The van der Waals surface area contributed by atoms with Crippen LogP contribution in [0.25, 0.3) is 0 Å². The van der Waals surface area contributed by atoms with E-state index in [-0.39, 0.29) is 17.9 Å². The number of rotatable bonds is 6. The van der Waals surface area contributed by atoms with Gasteiger partial charge in [0.05, 0.1) is 6.61 Å². The molecule has 126 valence electrons. The number of carbonyl (C=O) groups is 3. The van der Waals surface area contributed by atoms with Crippen molar-refractivity contribution >= 4 is 17.9 Å². The minimum absolute atomic E-state index is 0.0899. The van der Waals surface area contributed by atoms with Crippen LogP contribution in [0.1, 0.15) is 40.0 Å². The van der Waals surface area contributed by atoms with Crippen LogP contribution in [0, 0.1) is 0 Å². The van der Waals surface area contributed by atoms with E-state index < -0.39 is 6.04 Å². The molecule has 1 heterocycles. The molecule has 1 saturated heterocycles. The summed E-state index contributed by atoms with van der Waals surface area (Å²) in [6, 6.07) is -0.529. The molecule has 7 heteroatoms. The van der Waals surface area contributed by atoms with Crippen LogP contribution in [0.15, 0.2) is 0 Å². The lowest BCUT2D eigenvalue weighted by atomic mass is 10.2. The molecule has 1 fully saturated rings. The molecule has 22 heavy (non-hydrogen) atoms. The van der Waals surface area contributed by atoms with Gasteiger partial charge in [-0.3, -0.25) is 9.59 Å². The molecular weight excluding hydrogens is 286 g/mol. The topological polar surface area (TPSA) is 79.0 Å². The Bertz CT molecular complexity index is 392. The average molecular weight is 313 g/mol. The minimum Gasteiger partial charge on any atom is -0.450 e. The van der Waals surface area contributed by atoms with E-state index in [4.69, 9.17) is 4.74 Å². The predicted molar refractivity (Wildman–Crippen MR) is 82.3 cm³/mol. The van der Waals surface area contributed by atoms with Crippen LogP contribution in [0.3, 0.4) is 0 Å². The fourth-order valence-electron chi connectivity index (χ4n) is 2.31. The minimum atomic E-state index is -0.529. The number of nitrogens with one attached hydrogen (secondary N) is 1. The molecule has 0 bridgehead atoms. The van der Waals surface area contributed by atoms with Crippen LogP contribution in [-0.2, 0) is 14.3 Å². The van der Waals surface area contributed by atoms with Crippen LogP contribution in [0.5, 0.6) is 0 Å². The summed E-state index contributed by atoms with van der Waals surface area (Å²) in [5.41, 5.74) is 0. The molecule has 0 aromatic heterocycles. The molecule has 0 radical (unpaired) electrons. The molecule has 0 spiro atoms. The third-order valence-corrected chi connectivity index (χ3v) is 3.62. The van der Waals surface area contributed by atoms with E-state index in [1.54, 1.807) is 23.6 Å². The van der Waals surface area contributed by atoms with E-state index in [0.717, 1.165) is 12.8 Å². The Balaban J connectivity index is 2.38. The lowest BCUT2D eigenvalue weighted by molar-refractivity contribution is -0.137. The number of carbonyl (C=O) groups excluding carboxylic acids is 3. The maximum Gasteiger partial charge on any atom is 0.409 e. The Morgan fingerprint density at radius 2 is 1.68 bits per heavy atom. The maximum atomic E-state index is 12.3. The molecule has 1 atom stereocenters. The first kappa shape index (κ1) is 18.3. The standard InChI is InChI=1S/C15H27N3O4/c1-4-6-7-13(19)16-12(3)14(20)17-8-10-18(11-9-17)15(21)22-5-2/h12H,4-11H2,1-3H3,(H,16,19)/t12-/m1/s1. The van der Waals surface area contributed by atoms with Crippen molar-refractivity contribution in [3.8, 4) is 0 Å². The molecule has 1 rings (SSSR count). The molecule has 3 amide bonds. The third kappa shape index (κ3) is 5.54. The third-order valence-electron chi connectivity index (χ3n) is 3.62. The molecule has 0 aromatic rings. The van der Waals surface area contributed by atoms with Crippen LogP contribution in [-0.4, -0.2) is 66.5 Å². The number of hydrogen-bond donors (Lipinski definition) is 1. The average Bonchev–Trinajstić information content (AvgIpc) is 2.52. The number of unbranched alkanes of at least 4 members (excludes halogenated alkanes) is 1. The molecule has 1 aliphatic heterocycles. The predicted octanol–water partition coefficient (Wildman–Crippen LogP) is 0.982. The van der Waals surface area contributed by atoms with Crippen LogP contribution in [0.2, 0.25) is 0 Å². The molecule has 0 aromatic carbocycles. The Labute approximate surface area is 132 Å². The van der Waals surface area contributed by atoms with Gasteiger partial charge in [0.25, 0.3) is 0 Å². The van der Waals surface area contributed by atoms with Gasteiger partial charge in [0.15, 0.2) is 0 Å². The molecule has 1 aliphatic rings. The molecule has 0 saturated carbocycles. The summed E-state index contributed by atoms with van der Waals surface area (Å²) in [6.45, 7) is 7.68. The summed E-state index contributed by atoms with van der Waals surface area (Å²) in [6.07, 6.45) is 1.89. The first-order chi connectivity index (χ1) is 10.5. The van der Waals surface area contributed by atoms with Crippen molar-refractivity contribution in [2.45, 2.75) is 46.1 Å².